The average molecular weight is 617 g/mol. The summed E-state index contributed by atoms with van der Waals surface area (Å²) in [7, 11) is 0. The van der Waals surface area contributed by atoms with Crippen molar-refractivity contribution in [3.05, 3.63) is 48.5 Å². The molecule has 2 aromatic carbocycles. The summed E-state index contributed by atoms with van der Waals surface area (Å²) in [4.78, 5) is 53.2. The molecule has 0 radical (unpaired) electrons. The predicted molar refractivity (Wildman–Crippen MR) is 164 cm³/mol. The van der Waals surface area contributed by atoms with Crippen molar-refractivity contribution < 1.29 is 47.6 Å². The fourth-order valence-corrected chi connectivity index (χ4v) is 4.27. The van der Waals surface area contributed by atoms with Crippen molar-refractivity contribution >= 4 is 35.3 Å². The predicted octanol–water partition coefficient (Wildman–Crippen LogP) is 3.79. The van der Waals surface area contributed by atoms with E-state index in [0.29, 0.717) is 22.9 Å². The molecule has 0 heterocycles. The Morgan fingerprint density at radius 3 is 1.25 bits per heavy atom. The first kappa shape index (κ1) is 35.7. The number of para-hydroxylation sites is 4. The number of carbonyl (C=O) groups excluding carboxylic acids is 4. The number of nitrogens with zero attached hydrogens (tertiary/aromatic N) is 2. The summed E-state index contributed by atoms with van der Waals surface area (Å²) < 4.78 is 32.7. The van der Waals surface area contributed by atoms with Gasteiger partial charge in [-0.2, -0.15) is 0 Å². The van der Waals surface area contributed by atoms with E-state index in [9.17, 15) is 19.2 Å². The van der Waals surface area contributed by atoms with Gasteiger partial charge in [-0.3, -0.25) is 9.59 Å². The van der Waals surface area contributed by atoms with Crippen LogP contribution in [-0.4, -0.2) is 88.7 Å². The van der Waals surface area contributed by atoms with E-state index in [2.05, 4.69) is 0 Å². The van der Waals surface area contributed by atoms with Gasteiger partial charge < -0.3 is 38.2 Å². The molecule has 2 aromatic rings. The van der Waals surface area contributed by atoms with Crippen molar-refractivity contribution in [1.29, 1.82) is 0 Å². The Kier molecular flexibility index (Phi) is 15.4. The van der Waals surface area contributed by atoms with E-state index >= 15 is 0 Å². The summed E-state index contributed by atoms with van der Waals surface area (Å²) in [6.07, 6.45) is 0. The fraction of sp³-hybridized carbons (Fsp3) is 0.500. The standard InChI is InChI=1S/C32H44N2O10/c1-7-39-29(35)21-33(23(5)31(37)41-9-3)25-15-11-13-17-27(25)43-19-20-44-28-18-14-12-16-26(28)34(22-30(36)40-8-2)24(6)32(38)42-10-4/h11-18,23-24H,7-10,19-22H2,1-6H3. The maximum Gasteiger partial charge on any atom is 0.328 e. The summed E-state index contributed by atoms with van der Waals surface area (Å²) in [5.74, 6) is -1.13. The Labute approximate surface area is 259 Å². The first-order valence-corrected chi connectivity index (χ1v) is 14.8. The van der Waals surface area contributed by atoms with Gasteiger partial charge in [-0.05, 0) is 65.8 Å². The largest absolute Gasteiger partial charge is 0.488 e. The minimum absolute atomic E-state index is 0.0949. The summed E-state index contributed by atoms with van der Waals surface area (Å²) in [5.41, 5.74) is 1.01. The normalized spacial score (nSPS) is 11.9. The molecule has 2 unspecified atom stereocenters. The number of carbonyl (C=O) groups is 4. The lowest BCUT2D eigenvalue weighted by molar-refractivity contribution is -0.146. The minimum Gasteiger partial charge on any atom is -0.488 e. The van der Waals surface area contributed by atoms with Crippen molar-refractivity contribution in [2.45, 2.75) is 53.6 Å². The van der Waals surface area contributed by atoms with Crippen molar-refractivity contribution in [2.24, 2.45) is 0 Å². The van der Waals surface area contributed by atoms with Gasteiger partial charge in [0.05, 0.1) is 37.8 Å². The van der Waals surface area contributed by atoms with Crippen LogP contribution in [0.5, 0.6) is 11.5 Å². The fourth-order valence-electron chi connectivity index (χ4n) is 4.27. The van der Waals surface area contributed by atoms with Crippen LogP contribution in [0.3, 0.4) is 0 Å². The van der Waals surface area contributed by atoms with Crippen LogP contribution in [0.15, 0.2) is 48.5 Å². The molecule has 2 rings (SSSR count). The Morgan fingerprint density at radius 2 is 0.909 bits per heavy atom. The smallest absolute Gasteiger partial charge is 0.328 e. The highest BCUT2D eigenvalue weighted by Gasteiger charge is 2.29. The Balaban J connectivity index is 2.24. The second kappa shape index (κ2) is 18.9. The van der Waals surface area contributed by atoms with Crippen LogP contribution in [0.2, 0.25) is 0 Å². The third kappa shape index (κ3) is 10.7. The molecule has 0 aliphatic carbocycles. The maximum absolute atomic E-state index is 12.6. The van der Waals surface area contributed by atoms with Crippen LogP contribution < -0.4 is 19.3 Å². The van der Waals surface area contributed by atoms with Crippen molar-refractivity contribution in [3.8, 4) is 11.5 Å². The number of rotatable bonds is 19. The highest BCUT2D eigenvalue weighted by molar-refractivity contribution is 5.86. The molecule has 2 atom stereocenters. The quantitative estimate of drug-likeness (QED) is 0.129. The Bertz CT molecular complexity index is 1130. The number of ether oxygens (including phenoxy) is 6. The van der Waals surface area contributed by atoms with Gasteiger partial charge in [0.1, 0.15) is 49.9 Å². The lowest BCUT2D eigenvalue weighted by Crippen LogP contribution is -2.44. The SMILES string of the molecule is CCOC(=O)CN(c1ccccc1OCCOc1ccccc1N(CC(=O)OCC)C(C)C(=O)OCC)C(C)C(=O)OCC. The van der Waals surface area contributed by atoms with E-state index in [1.807, 2.05) is 0 Å². The number of hydrogen-bond acceptors (Lipinski definition) is 12. The van der Waals surface area contributed by atoms with E-state index in [4.69, 9.17) is 28.4 Å². The highest BCUT2D eigenvalue weighted by Crippen LogP contribution is 2.32. The summed E-state index contributed by atoms with van der Waals surface area (Å²) in [5, 5.41) is 0. The molecule has 242 valence electrons. The molecule has 0 aliphatic heterocycles. The second-order valence-corrected chi connectivity index (χ2v) is 9.35. The van der Waals surface area contributed by atoms with Gasteiger partial charge in [0.2, 0.25) is 0 Å². The molecule has 0 N–H and O–H groups in total. The van der Waals surface area contributed by atoms with E-state index in [0.717, 1.165) is 0 Å². The minimum atomic E-state index is -0.793. The summed E-state index contributed by atoms with van der Waals surface area (Å²) in [6, 6.07) is 12.4. The summed E-state index contributed by atoms with van der Waals surface area (Å²) >= 11 is 0. The molecule has 0 saturated heterocycles. The van der Waals surface area contributed by atoms with E-state index in [1.165, 1.54) is 0 Å². The second-order valence-electron chi connectivity index (χ2n) is 9.35. The van der Waals surface area contributed by atoms with Gasteiger partial charge in [-0.15, -0.1) is 0 Å². The number of anilines is 2. The molecule has 0 aromatic heterocycles. The molecule has 0 amide bonds. The maximum atomic E-state index is 12.6. The molecule has 12 nitrogen and oxygen atoms in total. The zero-order valence-electron chi connectivity index (χ0n) is 26.4. The van der Waals surface area contributed by atoms with Crippen LogP contribution in [0.4, 0.5) is 11.4 Å². The summed E-state index contributed by atoms with van der Waals surface area (Å²) in [6.45, 7) is 10.7. The Morgan fingerprint density at radius 1 is 0.568 bits per heavy atom. The average Bonchev–Trinajstić information content (AvgIpc) is 3.01. The zero-order chi connectivity index (χ0) is 32.5. The number of benzene rings is 2. The third-order valence-corrected chi connectivity index (χ3v) is 6.35. The molecular formula is C32H44N2O10. The van der Waals surface area contributed by atoms with Gasteiger partial charge in [0, 0.05) is 0 Å². The number of esters is 4. The van der Waals surface area contributed by atoms with E-state index in [-0.39, 0.29) is 52.7 Å². The highest BCUT2D eigenvalue weighted by atomic mass is 16.6. The monoisotopic (exact) mass is 616 g/mol. The molecular weight excluding hydrogens is 572 g/mol. The first-order chi connectivity index (χ1) is 21.2. The van der Waals surface area contributed by atoms with Crippen molar-refractivity contribution in [1.82, 2.24) is 0 Å². The van der Waals surface area contributed by atoms with Crippen LogP contribution in [-0.2, 0) is 38.1 Å². The molecule has 0 saturated carbocycles. The molecule has 0 aliphatic rings. The van der Waals surface area contributed by atoms with Crippen molar-refractivity contribution in [2.75, 3.05) is 62.5 Å². The third-order valence-electron chi connectivity index (χ3n) is 6.35. The van der Waals surface area contributed by atoms with Crippen LogP contribution >= 0.6 is 0 Å². The zero-order valence-corrected chi connectivity index (χ0v) is 26.4. The van der Waals surface area contributed by atoms with Gasteiger partial charge >= 0.3 is 23.9 Å². The van der Waals surface area contributed by atoms with Crippen LogP contribution in [0.25, 0.3) is 0 Å². The lowest BCUT2D eigenvalue weighted by atomic mass is 10.2. The molecule has 0 fully saturated rings. The lowest BCUT2D eigenvalue weighted by Gasteiger charge is -2.30. The topological polar surface area (TPSA) is 130 Å². The first-order valence-electron chi connectivity index (χ1n) is 14.8. The van der Waals surface area contributed by atoms with Gasteiger partial charge in [0.25, 0.3) is 0 Å². The molecule has 12 heteroatoms. The van der Waals surface area contributed by atoms with Gasteiger partial charge in [0.15, 0.2) is 0 Å². The number of hydrogen-bond donors (Lipinski definition) is 0. The Hall–Kier alpha value is -4.48. The van der Waals surface area contributed by atoms with E-state index in [1.54, 1.807) is 99.9 Å². The van der Waals surface area contributed by atoms with Gasteiger partial charge in [-0.25, -0.2) is 9.59 Å². The molecule has 44 heavy (non-hydrogen) atoms. The van der Waals surface area contributed by atoms with E-state index < -0.39 is 36.0 Å². The molecule has 0 spiro atoms. The van der Waals surface area contributed by atoms with Crippen LogP contribution in [0.1, 0.15) is 41.5 Å². The van der Waals surface area contributed by atoms with Gasteiger partial charge in [-0.1, -0.05) is 24.3 Å². The van der Waals surface area contributed by atoms with Crippen LogP contribution in [0, 0.1) is 0 Å². The molecule has 0 bridgehead atoms. The van der Waals surface area contributed by atoms with Crippen molar-refractivity contribution in [3.63, 3.8) is 0 Å².